The van der Waals surface area contributed by atoms with Gasteiger partial charge in [-0.15, -0.1) is 0 Å². The first-order valence-corrected chi connectivity index (χ1v) is 12.9. The van der Waals surface area contributed by atoms with Gasteiger partial charge in [-0.25, -0.2) is 13.4 Å². The van der Waals surface area contributed by atoms with E-state index in [1.165, 1.54) is 6.20 Å². The normalized spacial score (nSPS) is 15.4. The summed E-state index contributed by atoms with van der Waals surface area (Å²) in [6.45, 7) is 14.7. The Morgan fingerprint density at radius 2 is 1.72 bits per heavy atom. The van der Waals surface area contributed by atoms with Crippen LogP contribution in [0.4, 0.5) is 0 Å². The average molecular weight is 458 g/mol. The maximum Gasteiger partial charge on any atom is 0.208 e. The fourth-order valence-corrected chi connectivity index (χ4v) is 5.20. The average Bonchev–Trinajstić information content (AvgIpc) is 3.14. The van der Waals surface area contributed by atoms with Gasteiger partial charge in [-0.2, -0.15) is 0 Å². The highest BCUT2D eigenvalue weighted by Crippen LogP contribution is 2.31. The Kier molecular flexibility index (Phi) is 7.40. The van der Waals surface area contributed by atoms with Crippen molar-refractivity contribution in [3.63, 3.8) is 0 Å². The molecule has 0 saturated carbocycles. The molecule has 0 N–H and O–H groups in total. The minimum absolute atomic E-state index is 0.149. The minimum Gasteiger partial charge on any atom is -0.381 e. The van der Waals surface area contributed by atoms with Gasteiger partial charge in [0.25, 0.3) is 0 Å². The number of sulfone groups is 1. The molecule has 1 aliphatic rings. The van der Waals surface area contributed by atoms with E-state index in [1.807, 2.05) is 26.8 Å². The third-order valence-corrected chi connectivity index (χ3v) is 7.41. The van der Waals surface area contributed by atoms with E-state index >= 15 is 0 Å². The van der Waals surface area contributed by atoms with Crippen LogP contribution < -0.4 is 0 Å². The topological polar surface area (TPSA) is 74.1 Å². The second-order valence-electron chi connectivity index (χ2n) is 9.14. The third-order valence-electron chi connectivity index (χ3n) is 5.68. The van der Waals surface area contributed by atoms with Gasteiger partial charge in [0.2, 0.25) is 9.84 Å². The lowest BCUT2D eigenvalue weighted by molar-refractivity contribution is 0.0611. The molecular formula is C25H35N3O3S. The van der Waals surface area contributed by atoms with E-state index < -0.39 is 9.84 Å². The molecule has 4 rings (SSSR count). The largest absolute Gasteiger partial charge is 0.381 e. The SMILES string of the molecule is CC.Cc1ccc(S(=O)(=O)c2ccc3c(c2)nc(C(C)(C)C)n3CC2CCOCC2)cn1. The Labute approximate surface area is 192 Å². The second-order valence-corrected chi connectivity index (χ2v) is 11.1. The summed E-state index contributed by atoms with van der Waals surface area (Å²) in [6.07, 6.45) is 3.49. The molecule has 3 aromatic rings. The van der Waals surface area contributed by atoms with Crippen molar-refractivity contribution < 1.29 is 13.2 Å². The van der Waals surface area contributed by atoms with E-state index in [0.29, 0.717) is 11.4 Å². The van der Waals surface area contributed by atoms with Crippen LogP contribution in [-0.2, 0) is 26.5 Å². The summed E-state index contributed by atoms with van der Waals surface area (Å²) in [7, 11) is -3.64. The number of aromatic nitrogens is 3. The highest BCUT2D eigenvalue weighted by Gasteiger charge is 2.27. The van der Waals surface area contributed by atoms with Crippen molar-refractivity contribution in [1.29, 1.82) is 0 Å². The fourth-order valence-electron chi connectivity index (χ4n) is 3.97. The highest BCUT2D eigenvalue weighted by atomic mass is 32.2. The van der Waals surface area contributed by atoms with E-state index in [9.17, 15) is 8.42 Å². The Hall–Kier alpha value is -2.25. The van der Waals surface area contributed by atoms with E-state index in [1.54, 1.807) is 24.3 Å². The first kappa shape index (κ1) is 24.4. The minimum atomic E-state index is -3.64. The maximum atomic E-state index is 13.1. The Bertz CT molecular complexity index is 1150. The van der Waals surface area contributed by atoms with Crippen LogP contribution >= 0.6 is 0 Å². The number of fused-ring (bicyclic) bond motifs is 1. The van der Waals surface area contributed by atoms with Crippen molar-refractivity contribution in [2.24, 2.45) is 5.92 Å². The Balaban J connectivity index is 0.00000141. The standard InChI is InChI=1S/C23H29N3O3S.C2H6/c1-16-5-6-19(14-24-16)30(27,28)18-7-8-21-20(13-18)25-22(23(2,3)4)26(21)15-17-9-11-29-12-10-17;1-2/h5-8,13-14,17H,9-12,15H2,1-4H3;1-2H3. The van der Waals surface area contributed by atoms with Crippen LogP contribution in [0, 0.1) is 12.8 Å². The summed E-state index contributed by atoms with van der Waals surface area (Å²) >= 11 is 0. The van der Waals surface area contributed by atoms with Gasteiger partial charge in [-0.1, -0.05) is 34.6 Å². The summed E-state index contributed by atoms with van der Waals surface area (Å²) in [6, 6.07) is 8.59. The van der Waals surface area contributed by atoms with Gasteiger partial charge in [-0.05, 0) is 56.0 Å². The molecule has 0 atom stereocenters. The molecule has 0 bridgehead atoms. The van der Waals surface area contributed by atoms with Crippen molar-refractivity contribution in [2.45, 2.75) is 76.1 Å². The fraction of sp³-hybridized carbons (Fsp3) is 0.520. The molecular weight excluding hydrogens is 422 g/mol. The number of rotatable bonds is 4. The van der Waals surface area contributed by atoms with Gasteiger partial charge in [0, 0.05) is 37.1 Å². The predicted molar refractivity (Wildman–Crippen MR) is 128 cm³/mol. The van der Waals surface area contributed by atoms with Crippen LogP contribution in [0.5, 0.6) is 0 Å². The smallest absolute Gasteiger partial charge is 0.208 e. The molecule has 6 nitrogen and oxygen atoms in total. The molecule has 0 aliphatic carbocycles. The van der Waals surface area contributed by atoms with Gasteiger partial charge < -0.3 is 9.30 Å². The summed E-state index contributed by atoms with van der Waals surface area (Å²) in [5.74, 6) is 1.52. The van der Waals surface area contributed by atoms with Crippen LogP contribution in [-0.4, -0.2) is 36.2 Å². The third kappa shape index (κ3) is 5.04. The Morgan fingerprint density at radius 1 is 1.06 bits per heavy atom. The Morgan fingerprint density at radius 3 is 2.31 bits per heavy atom. The zero-order chi connectivity index (χ0) is 23.5. The van der Waals surface area contributed by atoms with Crippen molar-refractivity contribution in [3.8, 4) is 0 Å². The number of nitrogens with zero attached hydrogens (tertiary/aromatic N) is 3. The molecule has 7 heteroatoms. The molecule has 1 aliphatic heterocycles. The second kappa shape index (κ2) is 9.71. The lowest BCUT2D eigenvalue weighted by atomic mass is 9.94. The summed E-state index contributed by atoms with van der Waals surface area (Å²) in [5.41, 5.74) is 2.33. The zero-order valence-electron chi connectivity index (χ0n) is 20.1. The molecule has 1 saturated heterocycles. The van der Waals surface area contributed by atoms with Crippen molar-refractivity contribution >= 4 is 20.9 Å². The number of aryl methyl sites for hydroxylation is 1. The van der Waals surface area contributed by atoms with Crippen LogP contribution in [0.1, 0.15) is 59.0 Å². The zero-order valence-corrected chi connectivity index (χ0v) is 20.9. The molecule has 0 amide bonds. The monoisotopic (exact) mass is 457 g/mol. The molecule has 0 spiro atoms. The molecule has 2 aromatic heterocycles. The quantitative estimate of drug-likeness (QED) is 0.530. The van der Waals surface area contributed by atoms with Crippen LogP contribution in [0.3, 0.4) is 0 Å². The van der Waals surface area contributed by atoms with Crippen LogP contribution in [0.15, 0.2) is 46.3 Å². The number of hydrogen-bond acceptors (Lipinski definition) is 5. The summed E-state index contributed by atoms with van der Waals surface area (Å²) in [5, 5.41) is 0. The number of pyridine rings is 1. The van der Waals surface area contributed by atoms with Crippen LogP contribution in [0.2, 0.25) is 0 Å². The number of imidazole rings is 1. The molecule has 0 unspecified atom stereocenters. The maximum absolute atomic E-state index is 13.1. The molecule has 1 fully saturated rings. The molecule has 0 radical (unpaired) electrons. The van der Waals surface area contributed by atoms with Gasteiger partial charge in [0.1, 0.15) is 5.82 Å². The van der Waals surface area contributed by atoms with Gasteiger partial charge in [0.05, 0.1) is 20.8 Å². The first-order valence-electron chi connectivity index (χ1n) is 11.4. The number of hydrogen-bond donors (Lipinski definition) is 0. The molecule has 1 aromatic carbocycles. The highest BCUT2D eigenvalue weighted by molar-refractivity contribution is 7.91. The van der Waals surface area contributed by atoms with E-state index in [4.69, 9.17) is 9.72 Å². The molecule has 3 heterocycles. The van der Waals surface area contributed by atoms with Crippen molar-refractivity contribution in [1.82, 2.24) is 14.5 Å². The van der Waals surface area contributed by atoms with E-state index in [2.05, 4.69) is 30.3 Å². The number of ether oxygens (including phenoxy) is 1. The predicted octanol–water partition coefficient (Wildman–Crippen LogP) is 5.32. The van der Waals surface area contributed by atoms with Crippen LogP contribution in [0.25, 0.3) is 11.0 Å². The lowest BCUT2D eigenvalue weighted by Crippen LogP contribution is -2.25. The van der Waals surface area contributed by atoms with Crippen molar-refractivity contribution in [3.05, 3.63) is 48.0 Å². The van der Waals surface area contributed by atoms with Gasteiger partial charge in [-0.3, -0.25) is 4.98 Å². The molecule has 174 valence electrons. The van der Waals surface area contributed by atoms with Gasteiger partial charge in [0.15, 0.2) is 0 Å². The lowest BCUT2D eigenvalue weighted by Gasteiger charge is -2.26. The summed E-state index contributed by atoms with van der Waals surface area (Å²) < 4.78 is 34.0. The number of benzene rings is 1. The van der Waals surface area contributed by atoms with E-state index in [-0.39, 0.29) is 15.2 Å². The van der Waals surface area contributed by atoms with Gasteiger partial charge >= 0.3 is 0 Å². The summed E-state index contributed by atoms with van der Waals surface area (Å²) in [4.78, 5) is 9.47. The molecule has 32 heavy (non-hydrogen) atoms. The van der Waals surface area contributed by atoms with E-state index in [0.717, 1.165) is 49.6 Å². The van der Waals surface area contributed by atoms with Crippen molar-refractivity contribution in [2.75, 3.05) is 13.2 Å². The first-order chi connectivity index (χ1) is 15.2.